The van der Waals surface area contributed by atoms with Gasteiger partial charge in [-0.1, -0.05) is 35.9 Å². The molecule has 0 N–H and O–H groups in total. The van der Waals surface area contributed by atoms with Crippen molar-refractivity contribution in [1.82, 2.24) is 24.4 Å². The molecular weight excluding hydrogens is 402 g/mol. The predicted octanol–water partition coefficient (Wildman–Crippen LogP) is 3.82. The molecule has 3 aromatic heterocycles. The smallest absolute Gasteiger partial charge is 0.280 e. The number of rotatable bonds is 4. The van der Waals surface area contributed by atoms with Crippen LogP contribution in [0.2, 0.25) is 5.02 Å². The third kappa shape index (κ3) is 3.09. The second-order valence-electron chi connectivity index (χ2n) is 6.83. The van der Waals surface area contributed by atoms with Crippen LogP contribution in [0.5, 0.6) is 5.75 Å². The van der Waals surface area contributed by atoms with Crippen molar-refractivity contribution < 1.29 is 4.74 Å². The van der Waals surface area contributed by atoms with Crippen molar-refractivity contribution >= 4 is 28.3 Å². The van der Waals surface area contributed by atoms with Gasteiger partial charge in [0.25, 0.3) is 5.56 Å². The van der Waals surface area contributed by atoms with E-state index < -0.39 is 0 Å². The summed E-state index contributed by atoms with van der Waals surface area (Å²) in [5.41, 5.74) is 3.97. The maximum atomic E-state index is 13.0. The molecule has 0 amide bonds. The molecule has 0 spiro atoms. The number of aromatic nitrogens is 5. The summed E-state index contributed by atoms with van der Waals surface area (Å²) in [5.74, 6) is 0.771. The zero-order chi connectivity index (χ0) is 20.7. The van der Waals surface area contributed by atoms with Crippen LogP contribution >= 0.6 is 11.6 Å². The van der Waals surface area contributed by atoms with Crippen LogP contribution in [0.15, 0.2) is 71.8 Å². The average molecular weight is 418 g/mol. The molecule has 0 fully saturated rings. The van der Waals surface area contributed by atoms with Crippen LogP contribution < -0.4 is 10.3 Å². The number of hydrogen-bond donors (Lipinski definition) is 0. The van der Waals surface area contributed by atoms with Crippen LogP contribution in [0, 0.1) is 0 Å². The van der Waals surface area contributed by atoms with Gasteiger partial charge >= 0.3 is 0 Å². The zero-order valence-electron chi connectivity index (χ0n) is 16.0. The van der Waals surface area contributed by atoms with Gasteiger partial charge in [0.1, 0.15) is 11.3 Å². The second-order valence-corrected chi connectivity index (χ2v) is 7.27. The first kappa shape index (κ1) is 18.3. The molecule has 0 aliphatic heterocycles. The van der Waals surface area contributed by atoms with Gasteiger partial charge in [0.05, 0.1) is 19.9 Å². The number of fused-ring (bicyclic) bond motifs is 3. The molecule has 7 nitrogen and oxygen atoms in total. The molecule has 0 saturated carbocycles. The van der Waals surface area contributed by atoms with Crippen molar-refractivity contribution in [1.29, 1.82) is 0 Å². The van der Waals surface area contributed by atoms with Gasteiger partial charge in [-0.25, -0.2) is 4.52 Å². The van der Waals surface area contributed by atoms with E-state index in [4.69, 9.17) is 16.3 Å². The Balaban J connectivity index is 1.58. The van der Waals surface area contributed by atoms with E-state index in [0.29, 0.717) is 22.7 Å². The van der Waals surface area contributed by atoms with Gasteiger partial charge in [-0.05, 0) is 41.5 Å². The minimum atomic E-state index is -0.221. The molecule has 0 bridgehead atoms. The molecule has 5 aromatic rings. The quantitative estimate of drug-likeness (QED) is 0.444. The molecule has 0 unspecified atom stereocenters. The SMILES string of the molecule is COc1ccc(Cn2ccc3c(nnc4c(-c5ccc(Cl)cc5)cnn43)c2=O)cc1. The highest BCUT2D eigenvalue weighted by Gasteiger charge is 2.14. The molecule has 30 heavy (non-hydrogen) atoms. The van der Waals surface area contributed by atoms with Crippen LogP contribution in [-0.4, -0.2) is 31.5 Å². The van der Waals surface area contributed by atoms with Crippen molar-refractivity contribution in [2.24, 2.45) is 0 Å². The minimum absolute atomic E-state index is 0.221. The standard InChI is InChI=1S/C22H16ClN5O2/c1-30-17-8-2-14(3-9-17)13-27-11-10-19-20(22(27)29)25-26-21-18(12-24-28(19)21)15-4-6-16(23)7-5-15/h2-12H,13H2,1H3. The predicted molar refractivity (Wildman–Crippen MR) is 115 cm³/mol. The van der Waals surface area contributed by atoms with E-state index in [1.807, 2.05) is 54.6 Å². The van der Waals surface area contributed by atoms with Gasteiger partial charge in [0.15, 0.2) is 11.2 Å². The molecular formula is C22H16ClN5O2. The summed E-state index contributed by atoms with van der Waals surface area (Å²) in [4.78, 5) is 13.0. The fraction of sp³-hybridized carbons (Fsp3) is 0.0909. The number of halogens is 1. The van der Waals surface area contributed by atoms with Gasteiger partial charge < -0.3 is 9.30 Å². The molecule has 0 atom stereocenters. The number of benzene rings is 2. The molecule has 3 heterocycles. The van der Waals surface area contributed by atoms with Crippen molar-refractivity contribution in [3.05, 3.63) is 87.9 Å². The van der Waals surface area contributed by atoms with Crippen LogP contribution in [-0.2, 0) is 6.54 Å². The van der Waals surface area contributed by atoms with Crippen molar-refractivity contribution in [2.75, 3.05) is 7.11 Å². The summed E-state index contributed by atoms with van der Waals surface area (Å²) in [6, 6.07) is 16.8. The second kappa shape index (κ2) is 7.27. The average Bonchev–Trinajstić information content (AvgIpc) is 3.21. The Kier molecular flexibility index (Phi) is 4.44. The normalized spacial score (nSPS) is 11.3. The largest absolute Gasteiger partial charge is 0.497 e. The number of hydrogen-bond acceptors (Lipinski definition) is 5. The van der Waals surface area contributed by atoms with E-state index in [9.17, 15) is 4.79 Å². The van der Waals surface area contributed by atoms with Gasteiger partial charge in [-0.2, -0.15) is 5.10 Å². The van der Waals surface area contributed by atoms with Crippen molar-refractivity contribution in [3.8, 4) is 16.9 Å². The lowest BCUT2D eigenvalue weighted by Crippen LogP contribution is -2.22. The Morgan fingerprint density at radius 2 is 1.77 bits per heavy atom. The minimum Gasteiger partial charge on any atom is -0.497 e. The number of pyridine rings is 1. The van der Waals surface area contributed by atoms with Crippen LogP contribution in [0.25, 0.3) is 27.8 Å². The first-order chi connectivity index (χ1) is 14.6. The van der Waals surface area contributed by atoms with E-state index >= 15 is 0 Å². The van der Waals surface area contributed by atoms with E-state index in [2.05, 4.69) is 15.3 Å². The zero-order valence-corrected chi connectivity index (χ0v) is 16.7. The highest BCUT2D eigenvalue weighted by molar-refractivity contribution is 6.30. The molecule has 0 radical (unpaired) electrons. The van der Waals surface area contributed by atoms with Crippen molar-refractivity contribution in [2.45, 2.75) is 6.54 Å². The summed E-state index contributed by atoms with van der Waals surface area (Å²) in [6.45, 7) is 0.424. The molecule has 0 saturated heterocycles. The van der Waals surface area contributed by atoms with Crippen LogP contribution in [0.4, 0.5) is 0 Å². The number of ether oxygens (including phenoxy) is 1. The van der Waals surface area contributed by atoms with Crippen LogP contribution in [0.1, 0.15) is 5.56 Å². The third-order valence-corrected chi connectivity index (χ3v) is 5.25. The number of nitrogens with zero attached hydrogens (tertiary/aromatic N) is 5. The lowest BCUT2D eigenvalue weighted by Gasteiger charge is -2.08. The molecule has 0 aliphatic rings. The summed E-state index contributed by atoms with van der Waals surface area (Å²) in [7, 11) is 1.62. The van der Waals surface area contributed by atoms with Crippen molar-refractivity contribution in [3.63, 3.8) is 0 Å². The van der Waals surface area contributed by atoms with E-state index in [-0.39, 0.29) is 11.1 Å². The first-order valence-electron chi connectivity index (χ1n) is 9.26. The number of methoxy groups -OCH3 is 1. The Morgan fingerprint density at radius 3 is 2.50 bits per heavy atom. The Morgan fingerprint density at radius 1 is 1.00 bits per heavy atom. The molecule has 0 aliphatic carbocycles. The first-order valence-corrected chi connectivity index (χ1v) is 9.64. The highest BCUT2D eigenvalue weighted by atomic mass is 35.5. The van der Waals surface area contributed by atoms with E-state index in [1.54, 1.807) is 28.6 Å². The third-order valence-electron chi connectivity index (χ3n) is 5.00. The van der Waals surface area contributed by atoms with Gasteiger partial charge in [-0.3, -0.25) is 4.79 Å². The lowest BCUT2D eigenvalue weighted by atomic mass is 10.1. The molecule has 5 rings (SSSR count). The fourth-order valence-corrected chi connectivity index (χ4v) is 3.54. The van der Waals surface area contributed by atoms with Gasteiger partial charge in [0, 0.05) is 16.8 Å². The molecule has 8 heteroatoms. The lowest BCUT2D eigenvalue weighted by molar-refractivity contribution is 0.414. The maximum Gasteiger partial charge on any atom is 0.280 e. The fourth-order valence-electron chi connectivity index (χ4n) is 3.41. The summed E-state index contributed by atoms with van der Waals surface area (Å²) in [6.07, 6.45) is 3.47. The Bertz CT molecular complexity index is 1420. The Labute approximate surface area is 176 Å². The maximum absolute atomic E-state index is 13.0. The summed E-state index contributed by atoms with van der Waals surface area (Å²) in [5, 5.41) is 13.6. The van der Waals surface area contributed by atoms with E-state index in [1.165, 1.54) is 0 Å². The molecule has 2 aromatic carbocycles. The summed E-state index contributed by atoms with van der Waals surface area (Å²) < 4.78 is 8.43. The Hall–Kier alpha value is -3.71. The van der Waals surface area contributed by atoms with E-state index in [0.717, 1.165) is 22.4 Å². The van der Waals surface area contributed by atoms with Gasteiger partial charge in [0.2, 0.25) is 0 Å². The molecule has 148 valence electrons. The summed E-state index contributed by atoms with van der Waals surface area (Å²) >= 11 is 5.98. The van der Waals surface area contributed by atoms with Gasteiger partial charge in [-0.15, -0.1) is 10.2 Å². The van der Waals surface area contributed by atoms with Crippen LogP contribution in [0.3, 0.4) is 0 Å². The highest BCUT2D eigenvalue weighted by Crippen LogP contribution is 2.25. The topological polar surface area (TPSA) is 74.3 Å². The monoisotopic (exact) mass is 417 g/mol.